The lowest BCUT2D eigenvalue weighted by atomic mass is 9.52. The van der Waals surface area contributed by atoms with Crippen molar-refractivity contribution in [1.29, 1.82) is 0 Å². The Hall–Kier alpha value is -0.380. The van der Waals surface area contributed by atoms with Gasteiger partial charge in [-0.15, -0.1) is 0 Å². The standard InChI is InChI=1S/C28H45NO2/c1-16-11-25-26(29-15-16)18(3)28(31-25)10-8-21-22-6-5-19-12-20(30)7-9-27(19,4)24(22)13-23(21)17(2)14-28/h16,18-22,24-26,29-30H,5-15H2,1-4H3/t16-,18+,19+,20+,21-,22-,24-,25+,26-,27-,28-/m0/s1. The van der Waals surface area contributed by atoms with Gasteiger partial charge in [0.25, 0.3) is 0 Å². The van der Waals surface area contributed by atoms with Crippen molar-refractivity contribution < 1.29 is 9.84 Å². The summed E-state index contributed by atoms with van der Waals surface area (Å²) in [5.74, 6) is 4.64. The fraction of sp³-hybridized carbons (Fsp3) is 0.929. The Morgan fingerprint density at radius 2 is 1.90 bits per heavy atom. The third kappa shape index (κ3) is 3.08. The highest BCUT2D eigenvalue weighted by atomic mass is 16.5. The first-order valence-corrected chi connectivity index (χ1v) is 13.6. The number of aliphatic hydroxyl groups is 1. The van der Waals surface area contributed by atoms with Gasteiger partial charge >= 0.3 is 0 Å². The van der Waals surface area contributed by atoms with Gasteiger partial charge in [0, 0.05) is 12.0 Å². The lowest BCUT2D eigenvalue weighted by Gasteiger charge is -2.53. The summed E-state index contributed by atoms with van der Waals surface area (Å²) in [6.45, 7) is 11.1. The average Bonchev–Trinajstić information content (AvgIpc) is 3.19. The van der Waals surface area contributed by atoms with Crippen LogP contribution in [0.25, 0.3) is 0 Å². The molecule has 3 saturated carbocycles. The molecule has 11 atom stereocenters. The monoisotopic (exact) mass is 427 g/mol. The van der Waals surface area contributed by atoms with Gasteiger partial charge < -0.3 is 15.2 Å². The molecule has 0 aromatic heterocycles. The molecule has 3 nitrogen and oxygen atoms in total. The van der Waals surface area contributed by atoms with Crippen LogP contribution >= 0.6 is 0 Å². The molecule has 31 heavy (non-hydrogen) atoms. The Morgan fingerprint density at radius 3 is 2.74 bits per heavy atom. The molecule has 5 fully saturated rings. The van der Waals surface area contributed by atoms with Crippen molar-refractivity contribution in [3.05, 3.63) is 11.1 Å². The molecule has 4 aliphatic carbocycles. The predicted octanol–water partition coefficient (Wildman–Crippen LogP) is 5.47. The lowest BCUT2D eigenvalue weighted by Crippen LogP contribution is -2.48. The van der Waals surface area contributed by atoms with E-state index in [2.05, 4.69) is 33.0 Å². The minimum atomic E-state index is -0.0387. The Kier molecular flexibility index (Phi) is 4.99. The molecule has 0 aromatic rings. The molecule has 0 radical (unpaired) electrons. The van der Waals surface area contributed by atoms with Crippen molar-refractivity contribution in [2.75, 3.05) is 6.54 Å². The Bertz CT molecular complexity index is 762. The van der Waals surface area contributed by atoms with Crippen LogP contribution in [0.4, 0.5) is 0 Å². The first-order valence-electron chi connectivity index (χ1n) is 13.6. The molecule has 0 aromatic carbocycles. The van der Waals surface area contributed by atoms with Gasteiger partial charge in [0.2, 0.25) is 0 Å². The van der Waals surface area contributed by atoms with Crippen LogP contribution in [0.3, 0.4) is 0 Å². The minimum absolute atomic E-state index is 0.0387. The Labute approximate surface area is 189 Å². The van der Waals surface area contributed by atoms with E-state index in [9.17, 15) is 5.11 Å². The van der Waals surface area contributed by atoms with Gasteiger partial charge in [-0.2, -0.15) is 0 Å². The average molecular weight is 428 g/mol. The van der Waals surface area contributed by atoms with Crippen LogP contribution < -0.4 is 5.32 Å². The molecule has 2 aliphatic heterocycles. The maximum absolute atomic E-state index is 10.3. The highest BCUT2D eigenvalue weighted by Crippen LogP contribution is 2.65. The molecule has 0 bridgehead atoms. The number of hydrogen-bond acceptors (Lipinski definition) is 3. The molecule has 2 N–H and O–H groups in total. The summed E-state index contributed by atoms with van der Waals surface area (Å²) in [5.41, 5.74) is 4.06. The molecule has 6 aliphatic rings. The Morgan fingerprint density at radius 1 is 1.06 bits per heavy atom. The van der Waals surface area contributed by atoms with Gasteiger partial charge in [-0.05, 0) is 113 Å². The van der Waals surface area contributed by atoms with Gasteiger partial charge in [0.1, 0.15) is 0 Å². The SMILES string of the molecule is CC1=C2C[C@H]3[C@@H](CC[C@@H]4C[C@H](O)CC[C@@]43C)[C@@H]2CC[C@@]2(C1)O[C@@H]1C[C@H](C)CN[C@H]1[C@H]2C. The van der Waals surface area contributed by atoms with Crippen molar-refractivity contribution in [3.8, 4) is 0 Å². The van der Waals surface area contributed by atoms with Crippen LogP contribution in [0, 0.1) is 40.9 Å². The number of allylic oxidation sites excluding steroid dienone is 1. The van der Waals surface area contributed by atoms with Gasteiger partial charge in [-0.3, -0.25) is 0 Å². The second kappa shape index (κ2) is 7.31. The van der Waals surface area contributed by atoms with E-state index in [1.54, 1.807) is 5.57 Å². The molecule has 0 unspecified atom stereocenters. The molecule has 2 saturated heterocycles. The first kappa shape index (κ1) is 21.2. The van der Waals surface area contributed by atoms with Crippen LogP contribution in [-0.2, 0) is 4.74 Å². The quantitative estimate of drug-likeness (QED) is 0.504. The maximum atomic E-state index is 10.3. The van der Waals surface area contributed by atoms with E-state index in [0.717, 1.165) is 49.0 Å². The number of nitrogens with one attached hydrogen (secondary N) is 1. The molecule has 2 heterocycles. The summed E-state index contributed by atoms with van der Waals surface area (Å²) in [5, 5.41) is 14.2. The zero-order chi connectivity index (χ0) is 21.5. The first-order chi connectivity index (χ1) is 14.8. The van der Waals surface area contributed by atoms with Crippen molar-refractivity contribution in [2.45, 2.75) is 116 Å². The van der Waals surface area contributed by atoms with Crippen molar-refractivity contribution in [2.24, 2.45) is 40.9 Å². The van der Waals surface area contributed by atoms with E-state index in [-0.39, 0.29) is 11.7 Å². The number of aliphatic hydroxyl groups excluding tert-OH is 1. The number of piperidine rings is 1. The molecular formula is C28H45NO2. The minimum Gasteiger partial charge on any atom is -0.393 e. The zero-order valence-corrected chi connectivity index (χ0v) is 20.3. The summed E-state index contributed by atoms with van der Waals surface area (Å²) in [7, 11) is 0. The van der Waals surface area contributed by atoms with Crippen LogP contribution in [0.5, 0.6) is 0 Å². The molecular weight excluding hydrogens is 382 g/mol. The molecule has 0 amide bonds. The second-order valence-electron chi connectivity index (χ2n) is 13.1. The topological polar surface area (TPSA) is 41.5 Å². The van der Waals surface area contributed by atoms with Crippen molar-refractivity contribution in [1.82, 2.24) is 5.32 Å². The summed E-state index contributed by atoms with van der Waals surface area (Å²) >= 11 is 0. The molecule has 174 valence electrons. The maximum Gasteiger partial charge on any atom is 0.0765 e. The summed E-state index contributed by atoms with van der Waals surface area (Å²) in [6.07, 6.45) is 12.8. The van der Waals surface area contributed by atoms with Gasteiger partial charge in [-0.25, -0.2) is 0 Å². The van der Waals surface area contributed by atoms with Crippen molar-refractivity contribution in [3.63, 3.8) is 0 Å². The third-order valence-corrected chi connectivity index (χ3v) is 11.6. The number of fused-ring (bicyclic) bond motifs is 6. The summed E-state index contributed by atoms with van der Waals surface area (Å²) in [4.78, 5) is 0. The summed E-state index contributed by atoms with van der Waals surface area (Å²) in [6, 6.07) is 0.558. The fourth-order valence-electron chi connectivity index (χ4n) is 9.80. The van der Waals surface area contributed by atoms with Crippen LogP contribution in [0.1, 0.15) is 91.9 Å². The highest BCUT2D eigenvalue weighted by molar-refractivity contribution is 5.29. The van der Waals surface area contributed by atoms with Crippen molar-refractivity contribution >= 4 is 0 Å². The fourth-order valence-corrected chi connectivity index (χ4v) is 9.80. The van der Waals surface area contributed by atoms with E-state index in [4.69, 9.17) is 4.74 Å². The van der Waals surface area contributed by atoms with Crippen LogP contribution in [0.2, 0.25) is 0 Å². The Balaban J connectivity index is 1.27. The molecule has 1 spiro atoms. The third-order valence-electron chi connectivity index (χ3n) is 11.6. The van der Waals surface area contributed by atoms with Gasteiger partial charge in [-0.1, -0.05) is 31.9 Å². The van der Waals surface area contributed by atoms with Gasteiger partial charge in [0.05, 0.1) is 17.8 Å². The van der Waals surface area contributed by atoms with E-state index in [0.29, 0.717) is 23.5 Å². The van der Waals surface area contributed by atoms with E-state index < -0.39 is 0 Å². The number of rotatable bonds is 0. The largest absolute Gasteiger partial charge is 0.393 e. The van der Waals surface area contributed by atoms with E-state index in [1.165, 1.54) is 51.4 Å². The smallest absolute Gasteiger partial charge is 0.0765 e. The van der Waals surface area contributed by atoms with E-state index in [1.807, 2.05) is 5.57 Å². The summed E-state index contributed by atoms with van der Waals surface area (Å²) < 4.78 is 7.02. The molecule has 3 heteroatoms. The molecule has 6 rings (SSSR count). The van der Waals surface area contributed by atoms with Gasteiger partial charge in [0.15, 0.2) is 0 Å². The number of hydrogen-bond donors (Lipinski definition) is 2. The van der Waals surface area contributed by atoms with Crippen LogP contribution in [-0.4, -0.2) is 35.5 Å². The predicted molar refractivity (Wildman–Crippen MR) is 125 cm³/mol. The highest BCUT2D eigenvalue weighted by Gasteiger charge is 2.59. The second-order valence-corrected chi connectivity index (χ2v) is 13.1. The number of ether oxygens (including phenoxy) is 1. The van der Waals surface area contributed by atoms with E-state index >= 15 is 0 Å². The van der Waals surface area contributed by atoms with Crippen LogP contribution in [0.15, 0.2) is 11.1 Å². The lowest BCUT2D eigenvalue weighted by molar-refractivity contribution is -0.0795. The zero-order valence-electron chi connectivity index (χ0n) is 20.3. The normalized spacial score (nSPS) is 56.6.